The highest BCUT2D eigenvalue weighted by Gasteiger charge is 2.29. The number of hydrogen-bond acceptors (Lipinski definition) is 4. The van der Waals surface area contributed by atoms with Gasteiger partial charge in [-0.1, -0.05) is 13.8 Å². The van der Waals surface area contributed by atoms with E-state index < -0.39 is 0 Å². The average molecular weight is 299 g/mol. The molecule has 4 heteroatoms. The van der Waals surface area contributed by atoms with Gasteiger partial charge in [0.05, 0.1) is 5.69 Å². The molecule has 1 fully saturated rings. The maximum Gasteiger partial charge on any atom is 0.103 e. The van der Waals surface area contributed by atoms with Gasteiger partial charge in [0.15, 0.2) is 0 Å². The zero-order valence-electron chi connectivity index (χ0n) is 12.4. The number of nitrogens with one attached hydrogen (secondary N) is 1. The molecule has 0 spiro atoms. The quantitative estimate of drug-likeness (QED) is 0.677. The second kappa shape index (κ2) is 7.65. The fourth-order valence-corrected chi connectivity index (χ4v) is 4.05. The third kappa shape index (κ3) is 4.76. The summed E-state index contributed by atoms with van der Waals surface area (Å²) in [5.41, 5.74) is 1.41. The summed E-state index contributed by atoms with van der Waals surface area (Å²) in [6.45, 7) is 7.75. The summed E-state index contributed by atoms with van der Waals surface area (Å²) in [5, 5.41) is 4.95. The largest absolute Gasteiger partial charge is 0.309 e. The van der Waals surface area contributed by atoms with Gasteiger partial charge in [0.2, 0.25) is 0 Å². The Morgan fingerprint density at radius 2 is 2.21 bits per heavy atom. The van der Waals surface area contributed by atoms with E-state index in [0.717, 1.165) is 18.2 Å². The zero-order chi connectivity index (χ0) is 13.7. The summed E-state index contributed by atoms with van der Waals surface area (Å²) in [5.74, 6) is 3.12. The van der Waals surface area contributed by atoms with E-state index in [0.29, 0.717) is 6.04 Å². The highest BCUT2D eigenvalue weighted by atomic mass is 32.2. The van der Waals surface area contributed by atoms with Crippen LogP contribution in [0.3, 0.4) is 0 Å². The number of rotatable bonds is 9. The first-order chi connectivity index (χ1) is 9.24. The summed E-state index contributed by atoms with van der Waals surface area (Å²) in [4.78, 5) is 6.40. The monoisotopic (exact) mass is 298 g/mol. The van der Waals surface area contributed by atoms with Crippen molar-refractivity contribution in [3.63, 3.8) is 0 Å². The topological polar surface area (TPSA) is 24.9 Å². The molecular formula is C15H26N2S2. The van der Waals surface area contributed by atoms with E-state index in [4.69, 9.17) is 4.98 Å². The van der Waals surface area contributed by atoms with Crippen LogP contribution < -0.4 is 5.32 Å². The van der Waals surface area contributed by atoms with Crippen LogP contribution in [0.1, 0.15) is 68.0 Å². The Morgan fingerprint density at radius 1 is 1.42 bits per heavy atom. The maximum absolute atomic E-state index is 4.91. The van der Waals surface area contributed by atoms with Gasteiger partial charge in [-0.2, -0.15) is 11.8 Å². The molecule has 1 aromatic heterocycles. The highest BCUT2D eigenvalue weighted by Crippen LogP contribution is 2.43. The number of nitrogens with zero attached hydrogens (tertiary/aromatic N) is 1. The number of thioether (sulfide) groups is 1. The molecule has 0 amide bonds. The van der Waals surface area contributed by atoms with Crippen LogP contribution in [0.4, 0.5) is 0 Å². The molecular weight excluding hydrogens is 272 g/mol. The minimum atomic E-state index is 0.604. The second-order valence-electron chi connectivity index (χ2n) is 5.43. The Labute approximate surface area is 125 Å². The standard InChI is InChI=1S/C15H26N2S2/c1-4-8-18-10-14-17-15(12-6-7-12)13(19-14)9-16-11(3)5-2/h11-12,16H,4-10H2,1-3H3. The molecule has 2 nitrogen and oxygen atoms in total. The van der Waals surface area contributed by atoms with Crippen LogP contribution in [0.5, 0.6) is 0 Å². The molecule has 1 aromatic rings. The van der Waals surface area contributed by atoms with Gasteiger partial charge in [-0.15, -0.1) is 11.3 Å². The molecule has 1 unspecified atom stereocenters. The molecule has 108 valence electrons. The number of thiazole rings is 1. The van der Waals surface area contributed by atoms with Crippen molar-refractivity contribution in [1.29, 1.82) is 0 Å². The Morgan fingerprint density at radius 3 is 2.84 bits per heavy atom. The van der Waals surface area contributed by atoms with Gasteiger partial charge in [-0.05, 0) is 38.4 Å². The van der Waals surface area contributed by atoms with Crippen molar-refractivity contribution in [3.05, 3.63) is 15.6 Å². The van der Waals surface area contributed by atoms with Crippen molar-refractivity contribution in [1.82, 2.24) is 10.3 Å². The molecule has 1 atom stereocenters. The fourth-order valence-electron chi connectivity index (χ4n) is 1.99. The molecule has 1 aliphatic rings. The van der Waals surface area contributed by atoms with E-state index in [9.17, 15) is 0 Å². The van der Waals surface area contributed by atoms with Crippen LogP contribution >= 0.6 is 23.1 Å². The average Bonchev–Trinajstić information content (AvgIpc) is 3.18. The van der Waals surface area contributed by atoms with E-state index in [1.807, 2.05) is 23.1 Å². The van der Waals surface area contributed by atoms with Crippen LogP contribution in [-0.2, 0) is 12.3 Å². The number of aromatic nitrogens is 1. The molecule has 19 heavy (non-hydrogen) atoms. The maximum atomic E-state index is 4.91. The van der Waals surface area contributed by atoms with Gasteiger partial charge in [0, 0.05) is 29.1 Å². The van der Waals surface area contributed by atoms with Crippen molar-refractivity contribution in [2.24, 2.45) is 0 Å². The van der Waals surface area contributed by atoms with Gasteiger partial charge in [-0.25, -0.2) is 4.98 Å². The molecule has 0 radical (unpaired) electrons. The lowest BCUT2D eigenvalue weighted by molar-refractivity contribution is 0.535. The van der Waals surface area contributed by atoms with Gasteiger partial charge < -0.3 is 5.32 Å². The van der Waals surface area contributed by atoms with Crippen LogP contribution in [0, 0.1) is 0 Å². The Balaban J connectivity index is 1.95. The normalized spacial score (nSPS) is 16.8. The predicted molar refractivity (Wildman–Crippen MR) is 87.1 cm³/mol. The van der Waals surface area contributed by atoms with Crippen molar-refractivity contribution < 1.29 is 0 Å². The second-order valence-corrected chi connectivity index (χ2v) is 7.71. The van der Waals surface area contributed by atoms with Gasteiger partial charge in [-0.3, -0.25) is 0 Å². The van der Waals surface area contributed by atoms with E-state index in [1.54, 1.807) is 0 Å². The Kier molecular flexibility index (Phi) is 6.17. The molecule has 1 saturated carbocycles. The third-order valence-corrected chi connectivity index (χ3v) is 5.96. The first kappa shape index (κ1) is 15.3. The molecule has 1 heterocycles. The Hall–Kier alpha value is -0.0600. The van der Waals surface area contributed by atoms with Crippen molar-refractivity contribution in [2.75, 3.05) is 5.75 Å². The van der Waals surface area contributed by atoms with Gasteiger partial charge in [0.25, 0.3) is 0 Å². The molecule has 0 bridgehead atoms. The van der Waals surface area contributed by atoms with Gasteiger partial charge >= 0.3 is 0 Å². The lowest BCUT2D eigenvalue weighted by Crippen LogP contribution is -2.24. The summed E-state index contributed by atoms with van der Waals surface area (Å²) in [6, 6.07) is 0.604. The summed E-state index contributed by atoms with van der Waals surface area (Å²) in [7, 11) is 0. The third-order valence-electron chi connectivity index (χ3n) is 3.53. The predicted octanol–water partition coefficient (Wildman–Crippen LogP) is 4.55. The minimum absolute atomic E-state index is 0.604. The van der Waals surface area contributed by atoms with Gasteiger partial charge in [0.1, 0.15) is 5.01 Å². The van der Waals surface area contributed by atoms with E-state index in [2.05, 4.69) is 26.1 Å². The summed E-state index contributed by atoms with van der Waals surface area (Å²) in [6.07, 6.45) is 5.15. The van der Waals surface area contributed by atoms with E-state index >= 15 is 0 Å². The molecule has 1 aliphatic carbocycles. The first-order valence-corrected chi connectivity index (χ1v) is 9.51. The van der Waals surface area contributed by atoms with Crippen molar-refractivity contribution >= 4 is 23.1 Å². The summed E-state index contributed by atoms with van der Waals surface area (Å²) < 4.78 is 0. The number of hydrogen-bond donors (Lipinski definition) is 1. The van der Waals surface area contributed by atoms with Crippen LogP contribution in [0.2, 0.25) is 0 Å². The minimum Gasteiger partial charge on any atom is -0.309 e. The van der Waals surface area contributed by atoms with E-state index in [-0.39, 0.29) is 0 Å². The van der Waals surface area contributed by atoms with Crippen molar-refractivity contribution in [2.45, 2.75) is 70.7 Å². The van der Waals surface area contributed by atoms with Crippen LogP contribution in [-0.4, -0.2) is 16.8 Å². The molecule has 2 rings (SSSR count). The highest BCUT2D eigenvalue weighted by molar-refractivity contribution is 7.98. The van der Waals surface area contributed by atoms with Crippen LogP contribution in [0.15, 0.2) is 0 Å². The molecule has 0 saturated heterocycles. The zero-order valence-corrected chi connectivity index (χ0v) is 14.0. The van der Waals surface area contributed by atoms with Crippen LogP contribution in [0.25, 0.3) is 0 Å². The molecule has 0 aromatic carbocycles. The summed E-state index contributed by atoms with van der Waals surface area (Å²) >= 11 is 3.95. The smallest absolute Gasteiger partial charge is 0.103 e. The fraction of sp³-hybridized carbons (Fsp3) is 0.800. The lowest BCUT2D eigenvalue weighted by Gasteiger charge is -2.10. The molecule has 1 N–H and O–H groups in total. The lowest BCUT2D eigenvalue weighted by atomic mass is 10.2. The molecule has 0 aliphatic heterocycles. The van der Waals surface area contributed by atoms with Crippen molar-refractivity contribution in [3.8, 4) is 0 Å². The van der Waals surface area contributed by atoms with E-state index in [1.165, 1.54) is 47.0 Å². The first-order valence-electron chi connectivity index (χ1n) is 7.54. The SMILES string of the molecule is CCCSCc1nc(C2CC2)c(CNC(C)CC)s1. The Bertz CT molecular complexity index is 385.